The van der Waals surface area contributed by atoms with Crippen molar-refractivity contribution < 1.29 is 14.6 Å². The van der Waals surface area contributed by atoms with Gasteiger partial charge in [0.25, 0.3) is 0 Å². The summed E-state index contributed by atoms with van der Waals surface area (Å²) in [6.45, 7) is 3.73. The third kappa shape index (κ3) is 3.06. The Kier molecular flexibility index (Phi) is 3.86. The Morgan fingerprint density at radius 2 is 2.00 bits per heavy atom. The molecule has 1 N–H and O–H groups in total. The highest BCUT2D eigenvalue weighted by molar-refractivity contribution is 5.76. The zero-order valence-corrected chi connectivity index (χ0v) is 9.06. The molecular weight excluding hydrogens is 192 g/mol. The summed E-state index contributed by atoms with van der Waals surface area (Å²) in [6, 6.07) is 9.56. The topological polar surface area (TPSA) is 46.5 Å². The SMILES string of the molecule is CCC(C)(OCc1ccccc1)C(=O)O. The monoisotopic (exact) mass is 208 g/mol. The van der Waals surface area contributed by atoms with Crippen LogP contribution >= 0.6 is 0 Å². The summed E-state index contributed by atoms with van der Waals surface area (Å²) in [6.07, 6.45) is 0.454. The molecular formula is C12H16O3. The maximum absolute atomic E-state index is 10.9. The molecule has 0 aliphatic heterocycles. The second kappa shape index (κ2) is 4.94. The van der Waals surface area contributed by atoms with Crippen LogP contribution in [0.2, 0.25) is 0 Å². The van der Waals surface area contributed by atoms with Crippen LogP contribution in [0.15, 0.2) is 30.3 Å². The van der Waals surface area contributed by atoms with Crippen molar-refractivity contribution in [2.75, 3.05) is 0 Å². The van der Waals surface area contributed by atoms with Crippen molar-refractivity contribution in [1.29, 1.82) is 0 Å². The molecule has 1 aromatic carbocycles. The summed E-state index contributed by atoms with van der Waals surface area (Å²) < 4.78 is 5.43. The summed E-state index contributed by atoms with van der Waals surface area (Å²) in [5.74, 6) is -0.916. The third-order valence-electron chi connectivity index (χ3n) is 2.53. The Morgan fingerprint density at radius 3 is 2.47 bits per heavy atom. The number of carboxylic acids is 1. The molecule has 3 heteroatoms. The number of carboxylic acid groups (broad SMARTS) is 1. The van der Waals surface area contributed by atoms with Gasteiger partial charge in [0.2, 0.25) is 0 Å². The van der Waals surface area contributed by atoms with Gasteiger partial charge in [-0.05, 0) is 18.9 Å². The van der Waals surface area contributed by atoms with Gasteiger partial charge in [0, 0.05) is 0 Å². The molecule has 0 radical (unpaired) electrons. The zero-order chi connectivity index (χ0) is 11.3. The molecule has 0 amide bonds. The van der Waals surface area contributed by atoms with Gasteiger partial charge >= 0.3 is 5.97 Å². The highest BCUT2D eigenvalue weighted by Gasteiger charge is 2.31. The average Bonchev–Trinajstić information content (AvgIpc) is 2.27. The van der Waals surface area contributed by atoms with Gasteiger partial charge in [-0.25, -0.2) is 4.79 Å². The van der Waals surface area contributed by atoms with E-state index in [1.54, 1.807) is 13.8 Å². The molecule has 0 aliphatic rings. The molecule has 3 nitrogen and oxygen atoms in total. The number of aliphatic carboxylic acids is 1. The minimum atomic E-state index is -1.09. The van der Waals surface area contributed by atoms with Crippen molar-refractivity contribution in [2.45, 2.75) is 32.5 Å². The molecule has 0 aromatic heterocycles. The molecule has 82 valence electrons. The van der Waals surface area contributed by atoms with Gasteiger partial charge < -0.3 is 9.84 Å². The molecule has 0 fully saturated rings. The summed E-state index contributed by atoms with van der Waals surface area (Å²) in [5.41, 5.74) is -0.103. The number of ether oxygens (including phenoxy) is 1. The molecule has 0 spiro atoms. The quantitative estimate of drug-likeness (QED) is 0.808. The van der Waals surface area contributed by atoms with Crippen molar-refractivity contribution in [1.82, 2.24) is 0 Å². The molecule has 1 atom stereocenters. The van der Waals surface area contributed by atoms with Crippen LogP contribution in [-0.4, -0.2) is 16.7 Å². The second-order valence-electron chi connectivity index (χ2n) is 3.66. The first-order chi connectivity index (χ1) is 7.08. The number of rotatable bonds is 5. The lowest BCUT2D eigenvalue weighted by Gasteiger charge is -2.23. The van der Waals surface area contributed by atoms with Crippen molar-refractivity contribution in [3.05, 3.63) is 35.9 Å². The summed E-state index contributed by atoms with van der Waals surface area (Å²) in [4.78, 5) is 10.9. The number of benzene rings is 1. The van der Waals surface area contributed by atoms with Gasteiger partial charge in [0.15, 0.2) is 5.60 Å². The van der Waals surface area contributed by atoms with E-state index in [2.05, 4.69) is 0 Å². The highest BCUT2D eigenvalue weighted by atomic mass is 16.5. The van der Waals surface area contributed by atoms with Gasteiger partial charge in [-0.15, -0.1) is 0 Å². The van der Waals surface area contributed by atoms with Crippen molar-refractivity contribution in [3.63, 3.8) is 0 Å². The molecule has 15 heavy (non-hydrogen) atoms. The zero-order valence-electron chi connectivity index (χ0n) is 9.06. The number of carbonyl (C=O) groups is 1. The maximum atomic E-state index is 10.9. The van der Waals surface area contributed by atoms with Crippen LogP contribution in [0, 0.1) is 0 Å². The van der Waals surface area contributed by atoms with Crippen LogP contribution in [0.1, 0.15) is 25.8 Å². The van der Waals surface area contributed by atoms with Gasteiger partial charge in [-0.1, -0.05) is 37.3 Å². The fourth-order valence-electron chi connectivity index (χ4n) is 1.13. The van der Waals surface area contributed by atoms with E-state index < -0.39 is 11.6 Å². The summed E-state index contributed by atoms with van der Waals surface area (Å²) >= 11 is 0. The van der Waals surface area contributed by atoms with Gasteiger partial charge in [-0.3, -0.25) is 0 Å². The highest BCUT2D eigenvalue weighted by Crippen LogP contribution is 2.17. The molecule has 0 saturated carbocycles. The normalized spacial score (nSPS) is 14.5. The van der Waals surface area contributed by atoms with Crippen molar-refractivity contribution in [3.8, 4) is 0 Å². The number of hydrogen-bond acceptors (Lipinski definition) is 2. The first-order valence-electron chi connectivity index (χ1n) is 5.00. The van der Waals surface area contributed by atoms with Crippen LogP contribution in [-0.2, 0) is 16.1 Å². The van der Waals surface area contributed by atoms with E-state index >= 15 is 0 Å². The standard InChI is InChI=1S/C12H16O3/c1-3-12(2,11(13)14)15-9-10-7-5-4-6-8-10/h4-8H,3,9H2,1-2H3,(H,13,14). The van der Waals surface area contributed by atoms with E-state index in [4.69, 9.17) is 9.84 Å². The Balaban J connectivity index is 2.59. The van der Waals surface area contributed by atoms with E-state index in [1.807, 2.05) is 30.3 Å². The van der Waals surface area contributed by atoms with Crippen molar-refractivity contribution in [2.24, 2.45) is 0 Å². The Hall–Kier alpha value is -1.35. The summed E-state index contributed by atoms with van der Waals surface area (Å²) in [7, 11) is 0. The lowest BCUT2D eigenvalue weighted by molar-refractivity contribution is -0.165. The van der Waals surface area contributed by atoms with Crippen LogP contribution in [0.4, 0.5) is 0 Å². The predicted molar refractivity (Wildman–Crippen MR) is 57.6 cm³/mol. The molecule has 0 saturated heterocycles. The van der Waals surface area contributed by atoms with Crippen molar-refractivity contribution >= 4 is 5.97 Å². The Bertz CT molecular complexity index is 321. The Morgan fingerprint density at radius 1 is 1.40 bits per heavy atom. The molecule has 1 rings (SSSR count). The average molecular weight is 208 g/mol. The van der Waals surface area contributed by atoms with E-state index in [0.717, 1.165) is 5.56 Å². The maximum Gasteiger partial charge on any atom is 0.335 e. The molecule has 1 unspecified atom stereocenters. The van der Waals surface area contributed by atoms with E-state index in [9.17, 15) is 4.79 Å². The van der Waals surface area contributed by atoms with Gasteiger partial charge in [0.1, 0.15) is 0 Å². The van der Waals surface area contributed by atoms with Crippen LogP contribution in [0.5, 0.6) is 0 Å². The molecule has 0 aliphatic carbocycles. The minimum Gasteiger partial charge on any atom is -0.479 e. The predicted octanol–water partition coefficient (Wildman–Crippen LogP) is 2.46. The first kappa shape index (κ1) is 11.7. The lowest BCUT2D eigenvalue weighted by atomic mass is 10.0. The first-order valence-corrected chi connectivity index (χ1v) is 5.00. The number of hydrogen-bond donors (Lipinski definition) is 1. The van der Waals surface area contributed by atoms with Crippen LogP contribution in [0.3, 0.4) is 0 Å². The summed E-state index contributed by atoms with van der Waals surface area (Å²) in [5, 5.41) is 8.99. The largest absolute Gasteiger partial charge is 0.479 e. The van der Waals surface area contributed by atoms with Crippen LogP contribution in [0.25, 0.3) is 0 Å². The van der Waals surface area contributed by atoms with E-state index in [-0.39, 0.29) is 0 Å². The second-order valence-corrected chi connectivity index (χ2v) is 3.66. The van der Waals surface area contributed by atoms with Gasteiger partial charge in [0.05, 0.1) is 6.61 Å². The molecule has 1 aromatic rings. The Labute approximate surface area is 89.7 Å². The smallest absolute Gasteiger partial charge is 0.335 e. The third-order valence-corrected chi connectivity index (χ3v) is 2.53. The van der Waals surface area contributed by atoms with E-state index in [0.29, 0.717) is 13.0 Å². The minimum absolute atomic E-state index is 0.331. The fraction of sp³-hybridized carbons (Fsp3) is 0.417. The molecule has 0 bridgehead atoms. The fourth-order valence-corrected chi connectivity index (χ4v) is 1.13. The van der Waals surface area contributed by atoms with Crippen LogP contribution < -0.4 is 0 Å². The molecule has 0 heterocycles. The lowest BCUT2D eigenvalue weighted by Crippen LogP contribution is -2.37. The van der Waals surface area contributed by atoms with Gasteiger partial charge in [-0.2, -0.15) is 0 Å². The van der Waals surface area contributed by atoms with E-state index in [1.165, 1.54) is 0 Å².